The van der Waals surface area contributed by atoms with E-state index in [4.69, 9.17) is 11.6 Å². The highest BCUT2D eigenvalue weighted by Gasteiger charge is 2.26. The molecule has 0 bridgehead atoms. The summed E-state index contributed by atoms with van der Waals surface area (Å²) in [5.41, 5.74) is 1.09. The number of benzene rings is 1. The van der Waals surface area contributed by atoms with Gasteiger partial charge in [-0.1, -0.05) is 23.7 Å². The summed E-state index contributed by atoms with van der Waals surface area (Å²) in [7, 11) is 2.12. The van der Waals surface area contributed by atoms with Crippen molar-refractivity contribution in [3.63, 3.8) is 0 Å². The van der Waals surface area contributed by atoms with Crippen molar-refractivity contribution in [2.24, 2.45) is 5.92 Å². The van der Waals surface area contributed by atoms with E-state index < -0.39 is 0 Å². The molecule has 0 aromatic heterocycles. The molecule has 2 nitrogen and oxygen atoms in total. The Bertz CT molecular complexity index is 376. The Morgan fingerprint density at radius 2 is 2.12 bits per heavy atom. The van der Waals surface area contributed by atoms with Gasteiger partial charge >= 0.3 is 0 Å². The third-order valence-corrected chi connectivity index (χ3v) is 3.82. The van der Waals surface area contributed by atoms with Crippen LogP contribution in [0.25, 0.3) is 0 Å². The maximum absolute atomic E-state index is 11.3. The van der Waals surface area contributed by atoms with Crippen LogP contribution in [0.5, 0.6) is 0 Å². The Hall–Kier alpha value is -0.860. The highest BCUT2D eigenvalue weighted by Crippen LogP contribution is 2.30. The summed E-state index contributed by atoms with van der Waals surface area (Å²) in [4.78, 5) is 13.7. The third kappa shape index (κ3) is 3.08. The molecule has 2 rings (SSSR count). The maximum Gasteiger partial charge on any atom is 0.127 e. The second kappa shape index (κ2) is 5.65. The van der Waals surface area contributed by atoms with Crippen molar-refractivity contribution in [2.75, 3.05) is 20.1 Å². The van der Waals surface area contributed by atoms with E-state index in [0.717, 1.165) is 36.4 Å². The van der Waals surface area contributed by atoms with Gasteiger partial charge in [0.1, 0.15) is 6.29 Å². The zero-order chi connectivity index (χ0) is 12.3. The molecule has 2 atom stereocenters. The second-order valence-corrected chi connectivity index (χ2v) is 5.31. The average Bonchev–Trinajstić information content (AvgIpc) is 2.33. The van der Waals surface area contributed by atoms with Crippen molar-refractivity contribution in [3.05, 3.63) is 34.9 Å². The number of hydrogen-bond donors (Lipinski definition) is 0. The van der Waals surface area contributed by atoms with Crippen LogP contribution in [0.4, 0.5) is 0 Å². The van der Waals surface area contributed by atoms with E-state index in [1.54, 1.807) is 0 Å². The molecule has 0 spiro atoms. The van der Waals surface area contributed by atoms with Crippen molar-refractivity contribution < 1.29 is 4.79 Å². The van der Waals surface area contributed by atoms with Gasteiger partial charge in [0.05, 0.1) is 0 Å². The predicted octanol–water partition coefficient (Wildman–Crippen LogP) is 2.96. The first-order chi connectivity index (χ1) is 8.20. The summed E-state index contributed by atoms with van der Waals surface area (Å²) in [5, 5.41) is 0.721. The number of hydrogen-bond acceptors (Lipinski definition) is 2. The number of rotatable bonds is 3. The lowest BCUT2D eigenvalue weighted by atomic mass is 9.82. The van der Waals surface area contributed by atoms with E-state index >= 15 is 0 Å². The fourth-order valence-electron chi connectivity index (χ4n) is 2.65. The fourth-order valence-corrected chi connectivity index (χ4v) is 2.77. The van der Waals surface area contributed by atoms with Gasteiger partial charge in [-0.15, -0.1) is 0 Å². The molecule has 17 heavy (non-hydrogen) atoms. The molecule has 1 fully saturated rings. The molecule has 1 aliphatic heterocycles. The molecule has 2 unspecified atom stereocenters. The molecule has 0 N–H and O–H groups in total. The van der Waals surface area contributed by atoms with Crippen molar-refractivity contribution in [3.8, 4) is 0 Å². The van der Waals surface area contributed by atoms with E-state index in [2.05, 4.69) is 11.9 Å². The van der Waals surface area contributed by atoms with Crippen LogP contribution in [0.3, 0.4) is 0 Å². The van der Waals surface area contributed by atoms with Crippen LogP contribution in [0.15, 0.2) is 24.3 Å². The van der Waals surface area contributed by atoms with Crippen LogP contribution >= 0.6 is 11.6 Å². The first-order valence-electron chi connectivity index (χ1n) is 6.10. The molecular weight excluding hydrogens is 234 g/mol. The number of likely N-dealkylation sites (tertiary alicyclic amines) is 1. The first kappa shape index (κ1) is 12.6. The summed E-state index contributed by atoms with van der Waals surface area (Å²) < 4.78 is 0. The van der Waals surface area contributed by atoms with E-state index in [9.17, 15) is 4.79 Å². The highest BCUT2D eigenvalue weighted by molar-refractivity contribution is 6.30. The summed E-state index contributed by atoms with van der Waals surface area (Å²) in [5.74, 6) is 0.447. The standard InChI is InChI=1S/C14H18ClNO/c1-16-8-2-3-12(9-16)14(10-17)11-4-6-13(15)7-5-11/h4-7,10,12,14H,2-3,8-9H2,1H3. The topological polar surface area (TPSA) is 20.3 Å². The minimum Gasteiger partial charge on any atom is -0.306 e. The van der Waals surface area contributed by atoms with Crippen LogP contribution in [0, 0.1) is 5.92 Å². The van der Waals surface area contributed by atoms with Crippen LogP contribution < -0.4 is 0 Å². The van der Waals surface area contributed by atoms with Gasteiger partial charge in [-0.05, 0) is 50.0 Å². The van der Waals surface area contributed by atoms with Gasteiger partial charge in [-0.2, -0.15) is 0 Å². The number of carbonyl (C=O) groups is 1. The van der Waals surface area contributed by atoms with Crippen LogP contribution in [-0.2, 0) is 4.79 Å². The van der Waals surface area contributed by atoms with E-state index in [1.807, 2.05) is 24.3 Å². The number of nitrogens with zero attached hydrogens (tertiary/aromatic N) is 1. The molecule has 0 amide bonds. The monoisotopic (exact) mass is 251 g/mol. The van der Waals surface area contributed by atoms with Crippen molar-refractivity contribution in [1.29, 1.82) is 0 Å². The molecule has 1 aromatic rings. The van der Waals surface area contributed by atoms with Gasteiger partial charge in [-0.25, -0.2) is 0 Å². The first-order valence-corrected chi connectivity index (χ1v) is 6.48. The molecule has 0 saturated carbocycles. The lowest BCUT2D eigenvalue weighted by Gasteiger charge is -2.33. The molecule has 1 aromatic carbocycles. The largest absolute Gasteiger partial charge is 0.306 e. The molecule has 0 radical (unpaired) electrons. The Morgan fingerprint density at radius 1 is 1.41 bits per heavy atom. The number of aldehydes is 1. The zero-order valence-electron chi connectivity index (χ0n) is 10.1. The van der Waals surface area contributed by atoms with Crippen molar-refractivity contribution in [1.82, 2.24) is 4.90 Å². The Morgan fingerprint density at radius 3 is 2.71 bits per heavy atom. The van der Waals surface area contributed by atoms with Crippen LogP contribution in [-0.4, -0.2) is 31.3 Å². The maximum atomic E-state index is 11.3. The van der Waals surface area contributed by atoms with Crippen LogP contribution in [0.1, 0.15) is 24.3 Å². The molecule has 1 saturated heterocycles. The molecule has 92 valence electrons. The third-order valence-electron chi connectivity index (χ3n) is 3.57. The summed E-state index contributed by atoms with van der Waals surface area (Å²) in [6.45, 7) is 2.15. The minimum atomic E-state index is 0.00927. The number of piperidine rings is 1. The Labute approximate surface area is 108 Å². The summed E-state index contributed by atoms with van der Waals surface area (Å²) >= 11 is 5.87. The Balaban J connectivity index is 2.15. The molecular formula is C14H18ClNO. The second-order valence-electron chi connectivity index (χ2n) is 4.88. The molecule has 3 heteroatoms. The highest BCUT2D eigenvalue weighted by atomic mass is 35.5. The quantitative estimate of drug-likeness (QED) is 0.770. The van der Waals surface area contributed by atoms with Crippen molar-refractivity contribution in [2.45, 2.75) is 18.8 Å². The Kier molecular flexibility index (Phi) is 4.19. The summed E-state index contributed by atoms with van der Waals surface area (Å²) in [6.07, 6.45) is 3.41. The number of carbonyl (C=O) groups excluding carboxylic acids is 1. The average molecular weight is 252 g/mol. The predicted molar refractivity (Wildman–Crippen MR) is 70.5 cm³/mol. The lowest BCUT2D eigenvalue weighted by Crippen LogP contribution is -2.35. The van der Waals surface area contributed by atoms with Gasteiger partial charge in [0, 0.05) is 17.5 Å². The molecule has 1 aliphatic rings. The van der Waals surface area contributed by atoms with Gasteiger partial charge in [0.15, 0.2) is 0 Å². The number of halogens is 1. The zero-order valence-corrected chi connectivity index (χ0v) is 10.9. The van der Waals surface area contributed by atoms with Crippen LogP contribution in [0.2, 0.25) is 5.02 Å². The minimum absolute atomic E-state index is 0.00927. The van der Waals surface area contributed by atoms with Gasteiger partial charge in [-0.3, -0.25) is 0 Å². The summed E-state index contributed by atoms with van der Waals surface area (Å²) in [6, 6.07) is 7.66. The molecule has 1 heterocycles. The fraction of sp³-hybridized carbons (Fsp3) is 0.500. The van der Waals surface area contributed by atoms with E-state index in [0.29, 0.717) is 5.92 Å². The normalized spacial score (nSPS) is 23.3. The lowest BCUT2D eigenvalue weighted by molar-refractivity contribution is -0.110. The van der Waals surface area contributed by atoms with Gasteiger partial charge in [0.25, 0.3) is 0 Å². The SMILES string of the molecule is CN1CCCC(C(C=O)c2ccc(Cl)cc2)C1. The van der Waals surface area contributed by atoms with E-state index in [-0.39, 0.29) is 5.92 Å². The molecule has 0 aliphatic carbocycles. The van der Waals surface area contributed by atoms with E-state index in [1.165, 1.54) is 6.42 Å². The van der Waals surface area contributed by atoms with Gasteiger partial charge < -0.3 is 9.69 Å². The smallest absolute Gasteiger partial charge is 0.127 e. The van der Waals surface area contributed by atoms with Gasteiger partial charge in [0.2, 0.25) is 0 Å². The van der Waals surface area contributed by atoms with Crippen molar-refractivity contribution >= 4 is 17.9 Å².